The van der Waals surface area contributed by atoms with Crippen LogP contribution in [-0.4, -0.2) is 21.9 Å². The summed E-state index contributed by atoms with van der Waals surface area (Å²) in [6.45, 7) is -0.138. The van der Waals surface area contributed by atoms with E-state index < -0.39 is 23.5 Å². The molecule has 6 nitrogen and oxygen atoms in total. The molecule has 0 unspecified atom stereocenters. The highest BCUT2D eigenvalue weighted by Gasteiger charge is 2.35. The summed E-state index contributed by atoms with van der Waals surface area (Å²) in [4.78, 5) is 4.03. The van der Waals surface area contributed by atoms with Gasteiger partial charge < -0.3 is 14.2 Å². The molecule has 0 amide bonds. The van der Waals surface area contributed by atoms with E-state index in [2.05, 4.69) is 10.1 Å². The number of pyridine rings is 1. The monoisotopic (exact) mass is 415 g/mol. The van der Waals surface area contributed by atoms with E-state index in [1.165, 1.54) is 32.4 Å². The van der Waals surface area contributed by atoms with E-state index in [9.17, 15) is 22.0 Å². The lowest BCUT2D eigenvalue weighted by molar-refractivity contribution is -0.141. The zero-order valence-corrected chi connectivity index (χ0v) is 15.1. The van der Waals surface area contributed by atoms with Crippen LogP contribution in [0.2, 0.25) is 0 Å². The molecule has 0 aliphatic carbocycles. The van der Waals surface area contributed by atoms with E-state index in [0.717, 1.165) is 22.9 Å². The molecule has 0 radical (unpaired) electrons. The maximum absolute atomic E-state index is 13.3. The number of alkyl halides is 3. The molecular weight excluding hydrogens is 401 g/mol. The number of benzene rings is 1. The SMILES string of the molecule is COc1cc(OCc2ccc(F)c(F)c2)nc(Oc2cc(C(F)(F)F)nn2C)c1. The summed E-state index contributed by atoms with van der Waals surface area (Å²) in [6, 6.07) is 6.73. The van der Waals surface area contributed by atoms with E-state index in [-0.39, 0.29) is 30.0 Å². The molecule has 0 fully saturated rings. The second kappa shape index (κ2) is 7.94. The summed E-state index contributed by atoms with van der Waals surface area (Å²) in [7, 11) is 2.65. The van der Waals surface area contributed by atoms with Crippen molar-refractivity contribution in [3.63, 3.8) is 0 Å². The number of ether oxygens (including phenoxy) is 3. The van der Waals surface area contributed by atoms with Crippen LogP contribution in [-0.2, 0) is 19.8 Å². The third-order valence-corrected chi connectivity index (χ3v) is 3.69. The molecule has 0 aliphatic rings. The minimum absolute atomic E-state index is 0.00213. The Morgan fingerprint density at radius 3 is 2.34 bits per heavy atom. The maximum atomic E-state index is 13.3. The van der Waals surface area contributed by atoms with Crippen molar-refractivity contribution < 1.29 is 36.2 Å². The molecule has 154 valence electrons. The Labute approximate surface area is 161 Å². The Morgan fingerprint density at radius 2 is 1.72 bits per heavy atom. The number of hydrogen-bond acceptors (Lipinski definition) is 5. The van der Waals surface area contributed by atoms with Gasteiger partial charge in [0.2, 0.25) is 17.6 Å². The molecule has 0 bridgehead atoms. The van der Waals surface area contributed by atoms with E-state index in [4.69, 9.17) is 14.2 Å². The van der Waals surface area contributed by atoms with Crippen LogP contribution in [0.5, 0.6) is 23.4 Å². The number of halogens is 5. The molecule has 1 aromatic carbocycles. The van der Waals surface area contributed by atoms with Gasteiger partial charge in [-0.05, 0) is 17.7 Å². The van der Waals surface area contributed by atoms with E-state index >= 15 is 0 Å². The molecule has 0 saturated carbocycles. The van der Waals surface area contributed by atoms with Crippen molar-refractivity contribution in [1.82, 2.24) is 14.8 Å². The molecule has 3 rings (SSSR count). The third kappa shape index (κ3) is 4.92. The topological polar surface area (TPSA) is 58.4 Å². The summed E-state index contributed by atoms with van der Waals surface area (Å²) in [6.07, 6.45) is -4.63. The molecule has 0 atom stereocenters. The van der Waals surface area contributed by atoms with Crippen LogP contribution in [0.4, 0.5) is 22.0 Å². The maximum Gasteiger partial charge on any atom is 0.435 e. The largest absolute Gasteiger partial charge is 0.496 e. The van der Waals surface area contributed by atoms with Gasteiger partial charge in [0.15, 0.2) is 17.3 Å². The first-order valence-electron chi connectivity index (χ1n) is 8.07. The second-order valence-electron chi connectivity index (χ2n) is 5.81. The molecule has 11 heteroatoms. The number of methoxy groups -OCH3 is 1. The molecule has 29 heavy (non-hydrogen) atoms. The highest BCUT2D eigenvalue weighted by atomic mass is 19.4. The van der Waals surface area contributed by atoms with Crippen molar-refractivity contribution in [3.8, 4) is 23.4 Å². The van der Waals surface area contributed by atoms with E-state index in [1.807, 2.05) is 0 Å². The number of aromatic nitrogens is 3. The molecule has 3 aromatic rings. The lowest BCUT2D eigenvalue weighted by Gasteiger charge is -2.10. The summed E-state index contributed by atoms with van der Waals surface area (Å²) in [5.41, 5.74) is -0.773. The van der Waals surface area contributed by atoms with Gasteiger partial charge in [-0.2, -0.15) is 23.3 Å². The normalized spacial score (nSPS) is 11.4. The zero-order valence-electron chi connectivity index (χ0n) is 15.1. The molecule has 0 spiro atoms. The van der Waals surface area contributed by atoms with Gasteiger partial charge in [-0.25, -0.2) is 13.5 Å². The minimum atomic E-state index is -4.63. The van der Waals surface area contributed by atoms with Gasteiger partial charge in [-0.15, -0.1) is 0 Å². The minimum Gasteiger partial charge on any atom is -0.496 e. The van der Waals surface area contributed by atoms with Gasteiger partial charge in [-0.1, -0.05) is 6.07 Å². The summed E-state index contributed by atoms with van der Waals surface area (Å²) < 4.78 is 81.4. The Balaban J connectivity index is 1.80. The predicted molar refractivity (Wildman–Crippen MR) is 89.8 cm³/mol. The number of nitrogens with zero attached hydrogens (tertiary/aromatic N) is 3. The third-order valence-electron chi connectivity index (χ3n) is 3.69. The first-order valence-corrected chi connectivity index (χ1v) is 8.07. The Kier molecular flexibility index (Phi) is 5.57. The van der Waals surface area contributed by atoms with Gasteiger partial charge >= 0.3 is 6.18 Å². The Bertz CT molecular complexity index is 1020. The van der Waals surface area contributed by atoms with Gasteiger partial charge in [0.25, 0.3) is 0 Å². The molecular formula is C18H14F5N3O3. The fourth-order valence-corrected chi connectivity index (χ4v) is 2.28. The lowest BCUT2D eigenvalue weighted by Crippen LogP contribution is -2.06. The van der Waals surface area contributed by atoms with Crippen LogP contribution in [0.25, 0.3) is 0 Å². The standard InChI is InChI=1S/C18H14F5N3O3/c1-26-17(8-14(25-26)18(21,22)23)29-16-7-11(27-2)6-15(24-16)28-9-10-3-4-12(19)13(20)5-10/h3-8H,9H2,1-2H3. The van der Waals surface area contributed by atoms with Crippen molar-refractivity contribution in [3.05, 3.63) is 59.3 Å². The smallest absolute Gasteiger partial charge is 0.435 e. The first-order chi connectivity index (χ1) is 13.7. The summed E-state index contributed by atoms with van der Waals surface area (Å²) >= 11 is 0. The Hall–Kier alpha value is -3.37. The van der Waals surface area contributed by atoms with Crippen molar-refractivity contribution >= 4 is 0 Å². The number of rotatable bonds is 6. The zero-order chi connectivity index (χ0) is 21.2. The highest BCUT2D eigenvalue weighted by molar-refractivity contribution is 5.35. The van der Waals surface area contributed by atoms with Gasteiger partial charge in [0.05, 0.1) is 7.11 Å². The van der Waals surface area contributed by atoms with Crippen molar-refractivity contribution in [2.24, 2.45) is 7.05 Å². The second-order valence-corrected chi connectivity index (χ2v) is 5.81. The van der Waals surface area contributed by atoms with Crippen LogP contribution in [0.3, 0.4) is 0 Å². The van der Waals surface area contributed by atoms with Crippen molar-refractivity contribution in [2.45, 2.75) is 12.8 Å². The average molecular weight is 415 g/mol. The van der Waals surface area contributed by atoms with Crippen LogP contribution in [0.1, 0.15) is 11.3 Å². The summed E-state index contributed by atoms with van der Waals surface area (Å²) in [5, 5.41) is 3.34. The van der Waals surface area contributed by atoms with Crippen LogP contribution in [0.15, 0.2) is 36.4 Å². The van der Waals surface area contributed by atoms with Gasteiger partial charge in [-0.3, -0.25) is 0 Å². The predicted octanol–water partition coefficient (Wildman–Crippen LogP) is 4.49. The fourth-order valence-electron chi connectivity index (χ4n) is 2.28. The highest BCUT2D eigenvalue weighted by Crippen LogP contribution is 2.33. The lowest BCUT2D eigenvalue weighted by atomic mass is 10.2. The quantitative estimate of drug-likeness (QED) is 0.556. The molecule has 2 aromatic heterocycles. The molecule has 0 N–H and O–H groups in total. The van der Waals surface area contributed by atoms with E-state index in [1.54, 1.807) is 0 Å². The first kappa shape index (κ1) is 20.4. The van der Waals surface area contributed by atoms with Gasteiger partial charge in [0.1, 0.15) is 12.4 Å². The molecule has 0 saturated heterocycles. The molecule has 2 heterocycles. The Morgan fingerprint density at radius 1 is 1.00 bits per heavy atom. The average Bonchev–Trinajstić information content (AvgIpc) is 3.03. The number of aryl methyl sites for hydroxylation is 1. The van der Waals surface area contributed by atoms with Crippen molar-refractivity contribution in [2.75, 3.05) is 7.11 Å². The number of hydrogen-bond donors (Lipinski definition) is 0. The molecule has 0 aliphatic heterocycles. The fraction of sp³-hybridized carbons (Fsp3) is 0.222. The van der Waals surface area contributed by atoms with Crippen LogP contribution in [0, 0.1) is 11.6 Å². The van der Waals surface area contributed by atoms with Crippen molar-refractivity contribution in [1.29, 1.82) is 0 Å². The van der Waals surface area contributed by atoms with E-state index in [0.29, 0.717) is 5.56 Å². The summed E-state index contributed by atoms with van der Waals surface area (Å²) in [5.74, 6) is -2.06. The van der Waals surface area contributed by atoms with Crippen LogP contribution < -0.4 is 14.2 Å². The van der Waals surface area contributed by atoms with Gasteiger partial charge in [0, 0.05) is 25.2 Å². The van der Waals surface area contributed by atoms with Crippen LogP contribution >= 0.6 is 0 Å².